The third-order valence-electron chi connectivity index (χ3n) is 8.79. The summed E-state index contributed by atoms with van der Waals surface area (Å²) in [6.45, 7) is 0. The van der Waals surface area contributed by atoms with Gasteiger partial charge in [0.05, 0.1) is 16.4 Å². The Balaban J connectivity index is 1.20. The molecular formula is C42H28N2O. The van der Waals surface area contributed by atoms with Gasteiger partial charge in [-0.25, -0.2) is 0 Å². The van der Waals surface area contributed by atoms with Crippen molar-refractivity contribution in [1.82, 2.24) is 4.57 Å². The van der Waals surface area contributed by atoms with Crippen molar-refractivity contribution in [2.24, 2.45) is 0 Å². The number of benzene rings is 7. The third kappa shape index (κ3) is 4.13. The molecule has 0 bridgehead atoms. The maximum Gasteiger partial charge on any atom is 0.137 e. The van der Waals surface area contributed by atoms with Crippen LogP contribution in [0.5, 0.6) is 0 Å². The van der Waals surface area contributed by atoms with Crippen LogP contribution in [0.3, 0.4) is 0 Å². The zero-order valence-electron chi connectivity index (χ0n) is 24.5. The number of anilines is 3. The minimum atomic E-state index is 0.888. The molecule has 9 aromatic rings. The van der Waals surface area contributed by atoms with Crippen LogP contribution in [-0.2, 0) is 0 Å². The molecular weight excluding hydrogens is 548 g/mol. The van der Waals surface area contributed by atoms with Gasteiger partial charge in [-0.05, 0) is 89.3 Å². The van der Waals surface area contributed by atoms with Gasteiger partial charge >= 0.3 is 0 Å². The highest BCUT2D eigenvalue weighted by molar-refractivity contribution is 6.26. The zero-order valence-corrected chi connectivity index (χ0v) is 24.5. The number of hydrogen-bond donors (Lipinski definition) is 0. The van der Waals surface area contributed by atoms with E-state index in [0.29, 0.717) is 0 Å². The van der Waals surface area contributed by atoms with E-state index in [1.54, 1.807) is 0 Å². The van der Waals surface area contributed by atoms with Gasteiger partial charge in [-0.15, -0.1) is 0 Å². The highest BCUT2D eigenvalue weighted by atomic mass is 16.3. The molecule has 0 aliphatic heterocycles. The molecule has 212 valence electrons. The van der Waals surface area contributed by atoms with Crippen LogP contribution < -0.4 is 4.90 Å². The molecule has 3 heteroatoms. The van der Waals surface area contributed by atoms with E-state index < -0.39 is 0 Å². The molecule has 0 N–H and O–H groups in total. The van der Waals surface area contributed by atoms with Gasteiger partial charge in [-0.2, -0.15) is 0 Å². The summed E-state index contributed by atoms with van der Waals surface area (Å²) in [6.07, 6.45) is 0. The SMILES string of the molecule is c1ccc(-c2ccc(N(c3ccccc3)c3ccc(-n4c5cccc6oc7ccccc7c7cccc4c7c65)cc3)cc2)cc1. The molecule has 0 radical (unpaired) electrons. The van der Waals surface area contributed by atoms with E-state index in [1.807, 2.05) is 6.07 Å². The van der Waals surface area contributed by atoms with Crippen molar-refractivity contribution in [1.29, 1.82) is 0 Å². The normalized spacial score (nSPS) is 11.6. The Morgan fingerprint density at radius 2 is 0.911 bits per heavy atom. The molecule has 2 heterocycles. The fraction of sp³-hybridized carbons (Fsp3) is 0. The quantitative estimate of drug-likeness (QED) is 0.203. The van der Waals surface area contributed by atoms with Gasteiger partial charge in [0.2, 0.25) is 0 Å². The number of hydrogen-bond acceptors (Lipinski definition) is 2. The molecule has 2 aromatic heterocycles. The highest BCUT2D eigenvalue weighted by Gasteiger charge is 2.19. The molecule has 0 atom stereocenters. The van der Waals surface area contributed by atoms with Crippen LogP contribution in [0.15, 0.2) is 174 Å². The predicted octanol–water partition coefficient (Wildman–Crippen LogP) is 11.8. The summed E-state index contributed by atoms with van der Waals surface area (Å²) < 4.78 is 8.90. The molecule has 0 aliphatic carbocycles. The molecule has 0 amide bonds. The second-order valence-electron chi connectivity index (χ2n) is 11.4. The molecule has 0 unspecified atom stereocenters. The van der Waals surface area contributed by atoms with Crippen LogP contribution in [0.1, 0.15) is 0 Å². The molecule has 45 heavy (non-hydrogen) atoms. The summed E-state index contributed by atoms with van der Waals surface area (Å²) in [5.41, 5.74) is 10.9. The monoisotopic (exact) mass is 576 g/mol. The maximum absolute atomic E-state index is 6.54. The molecule has 0 spiro atoms. The Hall–Kier alpha value is -6.06. The van der Waals surface area contributed by atoms with E-state index in [9.17, 15) is 0 Å². The van der Waals surface area contributed by atoms with Crippen molar-refractivity contribution in [2.75, 3.05) is 4.90 Å². The van der Waals surface area contributed by atoms with E-state index in [4.69, 9.17) is 4.42 Å². The van der Waals surface area contributed by atoms with Crippen LogP contribution in [-0.4, -0.2) is 4.57 Å². The van der Waals surface area contributed by atoms with E-state index in [-0.39, 0.29) is 0 Å². The number of fused-ring (bicyclic) bond motifs is 2. The summed E-state index contributed by atoms with van der Waals surface area (Å²) in [7, 11) is 0. The van der Waals surface area contributed by atoms with E-state index >= 15 is 0 Å². The molecule has 0 saturated carbocycles. The topological polar surface area (TPSA) is 21.3 Å². The fourth-order valence-corrected chi connectivity index (χ4v) is 6.77. The first-order chi connectivity index (χ1) is 22.3. The first-order valence-corrected chi connectivity index (χ1v) is 15.3. The zero-order chi connectivity index (χ0) is 29.7. The predicted molar refractivity (Wildman–Crippen MR) is 188 cm³/mol. The van der Waals surface area contributed by atoms with Gasteiger partial charge in [-0.1, -0.05) is 97.1 Å². The molecule has 0 fully saturated rings. The van der Waals surface area contributed by atoms with E-state index in [2.05, 4.69) is 173 Å². The van der Waals surface area contributed by atoms with Crippen molar-refractivity contribution in [3.8, 4) is 16.8 Å². The summed E-state index contributed by atoms with van der Waals surface area (Å²) in [5.74, 6) is 0. The Kier molecular flexibility index (Phi) is 5.82. The first-order valence-electron chi connectivity index (χ1n) is 15.3. The molecule has 7 aromatic carbocycles. The van der Waals surface area contributed by atoms with Gasteiger partial charge in [0.25, 0.3) is 0 Å². The van der Waals surface area contributed by atoms with Crippen LogP contribution in [0.4, 0.5) is 17.1 Å². The Bertz CT molecular complexity index is 2450. The lowest BCUT2D eigenvalue weighted by atomic mass is 10.0. The third-order valence-corrected chi connectivity index (χ3v) is 8.79. The molecule has 0 saturated heterocycles. The fourth-order valence-electron chi connectivity index (χ4n) is 6.77. The van der Waals surface area contributed by atoms with Gasteiger partial charge in [0.15, 0.2) is 0 Å². The average Bonchev–Trinajstić information content (AvgIpc) is 3.37. The number of rotatable bonds is 5. The smallest absolute Gasteiger partial charge is 0.137 e. The number of nitrogens with zero attached hydrogens (tertiary/aromatic N) is 2. The van der Waals surface area contributed by atoms with Crippen molar-refractivity contribution in [3.05, 3.63) is 170 Å². The van der Waals surface area contributed by atoms with Crippen LogP contribution in [0.2, 0.25) is 0 Å². The van der Waals surface area contributed by atoms with Gasteiger partial charge in [-0.3, -0.25) is 0 Å². The second-order valence-corrected chi connectivity index (χ2v) is 11.4. The lowest BCUT2D eigenvalue weighted by Gasteiger charge is -2.26. The molecule has 0 aliphatic rings. The Labute approximate surface area is 260 Å². The maximum atomic E-state index is 6.54. The van der Waals surface area contributed by atoms with Crippen LogP contribution >= 0.6 is 0 Å². The average molecular weight is 577 g/mol. The summed E-state index contributed by atoms with van der Waals surface area (Å²) in [6, 6.07) is 60.0. The van der Waals surface area contributed by atoms with Crippen LogP contribution in [0, 0.1) is 0 Å². The summed E-state index contributed by atoms with van der Waals surface area (Å²) in [5, 5.41) is 4.68. The van der Waals surface area contributed by atoms with E-state index in [0.717, 1.165) is 50.2 Å². The van der Waals surface area contributed by atoms with Gasteiger partial charge in [0, 0.05) is 33.5 Å². The minimum absolute atomic E-state index is 0.888. The summed E-state index contributed by atoms with van der Waals surface area (Å²) in [4.78, 5) is 2.31. The second kappa shape index (κ2) is 10.3. The first kappa shape index (κ1) is 25.4. The van der Waals surface area contributed by atoms with E-state index in [1.165, 1.54) is 27.4 Å². The molecule has 3 nitrogen and oxygen atoms in total. The van der Waals surface area contributed by atoms with Crippen molar-refractivity contribution in [2.45, 2.75) is 0 Å². The number of para-hydroxylation sites is 2. The van der Waals surface area contributed by atoms with Crippen molar-refractivity contribution >= 4 is 60.8 Å². The Morgan fingerprint density at radius 3 is 1.67 bits per heavy atom. The lowest BCUT2D eigenvalue weighted by Crippen LogP contribution is -2.10. The number of aromatic nitrogens is 1. The minimum Gasteiger partial charge on any atom is -0.456 e. The largest absolute Gasteiger partial charge is 0.456 e. The highest BCUT2D eigenvalue weighted by Crippen LogP contribution is 2.42. The van der Waals surface area contributed by atoms with Gasteiger partial charge < -0.3 is 13.9 Å². The molecule has 9 rings (SSSR count). The standard InChI is InChI=1S/C42H28N2O/c1-3-11-29(12-4-1)30-21-23-32(24-22-30)43(31-13-5-2-6-14-31)33-25-27-34(28-26-33)44-37-17-9-16-36-35-15-7-8-19-39(35)45-40-20-10-18-38(44)42(40)41(36)37/h1-28H. The van der Waals surface area contributed by atoms with Crippen LogP contribution in [0.25, 0.3) is 60.6 Å². The van der Waals surface area contributed by atoms with Crippen molar-refractivity contribution in [3.63, 3.8) is 0 Å². The lowest BCUT2D eigenvalue weighted by molar-refractivity contribution is 0.664. The Morgan fingerprint density at radius 1 is 0.378 bits per heavy atom. The van der Waals surface area contributed by atoms with Gasteiger partial charge in [0.1, 0.15) is 11.2 Å². The van der Waals surface area contributed by atoms with Crippen molar-refractivity contribution < 1.29 is 4.42 Å². The summed E-state index contributed by atoms with van der Waals surface area (Å²) >= 11 is 0.